The fourth-order valence-corrected chi connectivity index (χ4v) is 4.76. The molecule has 0 saturated carbocycles. The van der Waals surface area contributed by atoms with Crippen LogP contribution in [0.4, 0.5) is 11.6 Å². The summed E-state index contributed by atoms with van der Waals surface area (Å²) >= 11 is 0. The summed E-state index contributed by atoms with van der Waals surface area (Å²) in [5.74, 6) is 1.73. The van der Waals surface area contributed by atoms with Crippen molar-refractivity contribution in [3.05, 3.63) is 59.2 Å². The summed E-state index contributed by atoms with van der Waals surface area (Å²) in [6.45, 7) is 4.18. The number of nitrogens with one attached hydrogen (secondary N) is 1. The Morgan fingerprint density at radius 1 is 1.03 bits per heavy atom. The van der Waals surface area contributed by atoms with Gasteiger partial charge in [0.25, 0.3) is 5.91 Å². The van der Waals surface area contributed by atoms with Crippen molar-refractivity contribution < 1.29 is 9.53 Å². The Kier molecular flexibility index (Phi) is 4.09. The summed E-state index contributed by atoms with van der Waals surface area (Å²) < 4.78 is 5.36. The number of rotatable bonds is 1. The van der Waals surface area contributed by atoms with Crippen LogP contribution in [0.15, 0.2) is 42.5 Å². The molecule has 3 aliphatic heterocycles. The summed E-state index contributed by atoms with van der Waals surface area (Å²) in [4.78, 5) is 26.9. The molecule has 3 aromatic rings. The zero-order valence-corrected chi connectivity index (χ0v) is 16.7. The highest BCUT2D eigenvalue weighted by atomic mass is 16.5. The Hall–Kier alpha value is -3.19. The first kappa shape index (κ1) is 17.7. The number of hydrogen-bond donors (Lipinski definition) is 1. The average Bonchev–Trinajstić information content (AvgIpc) is 2.82. The third-order valence-corrected chi connectivity index (χ3v) is 6.34. The van der Waals surface area contributed by atoms with E-state index in [0.717, 1.165) is 42.2 Å². The van der Waals surface area contributed by atoms with Gasteiger partial charge in [-0.15, -0.1) is 0 Å². The van der Waals surface area contributed by atoms with Crippen LogP contribution in [-0.2, 0) is 11.2 Å². The van der Waals surface area contributed by atoms with Gasteiger partial charge in [-0.05, 0) is 35.7 Å². The highest BCUT2D eigenvalue weighted by Crippen LogP contribution is 2.39. The Morgan fingerprint density at radius 3 is 2.80 bits per heavy atom. The summed E-state index contributed by atoms with van der Waals surface area (Å²) in [7, 11) is 0. The van der Waals surface area contributed by atoms with Gasteiger partial charge < -0.3 is 19.9 Å². The zero-order valence-electron chi connectivity index (χ0n) is 16.7. The number of carbonyl (C=O) groups excluding carboxylic acids is 1. The summed E-state index contributed by atoms with van der Waals surface area (Å²) in [5.41, 5.74) is 4.99. The normalized spacial score (nSPS) is 20.2. The van der Waals surface area contributed by atoms with Crippen molar-refractivity contribution >= 4 is 28.6 Å². The first-order valence-corrected chi connectivity index (χ1v) is 10.5. The van der Waals surface area contributed by atoms with E-state index in [1.165, 1.54) is 11.1 Å². The lowest BCUT2D eigenvalue weighted by atomic mass is 9.91. The van der Waals surface area contributed by atoms with Crippen molar-refractivity contribution in [2.45, 2.75) is 12.5 Å². The molecule has 1 atom stereocenters. The molecule has 1 fully saturated rings. The minimum Gasteiger partial charge on any atom is -0.378 e. The molecule has 4 heterocycles. The monoisotopic (exact) mass is 401 g/mol. The standard InChI is InChI=1S/C23H23N5O2/c29-23(27-9-11-30-12-10-27)16-5-6-18-19(13-16)26-22-21(25-18)24-14-20-17-4-2-1-3-15(17)7-8-28(20)22/h1-6,13,20H,7-12,14H2,(H,24,25). The van der Waals surface area contributed by atoms with Gasteiger partial charge in [-0.3, -0.25) is 4.79 Å². The number of ether oxygens (including phenoxy) is 1. The van der Waals surface area contributed by atoms with Crippen LogP contribution in [0.2, 0.25) is 0 Å². The second kappa shape index (κ2) is 6.95. The van der Waals surface area contributed by atoms with Crippen LogP contribution in [0.25, 0.3) is 11.0 Å². The number of fused-ring (bicyclic) bond motifs is 6. The van der Waals surface area contributed by atoms with Gasteiger partial charge in [0.15, 0.2) is 11.6 Å². The Bertz CT molecular complexity index is 1140. The lowest BCUT2D eigenvalue weighted by Crippen LogP contribution is -2.43. The second-order valence-electron chi connectivity index (χ2n) is 8.04. The van der Waals surface area contributed by atoms with Crippen LogP contribution in [0, 0.1) is 0 Å². The van der Waals surface area contributed by atoms with Gasteiger partial charge in [-0.25, -0.2) is 9.97 Å². The van der Waals surface area contributed by atoms with Crippen LogP contribution < -0.4 is 10.2 Å². The van der Waals surface area contributed by atoms with Crippen LogP contribution in [-0.4, -0.2) is 60.2 Å². The van der Waals surface area contributed by atoms with E-state index in [-0.39, 0.29) is 11.9 Å². The molecule has 6 rings (SSSR count). The minimum atomic E-state index is 0.0302. The molecule has 1 aromatic heterocycles. The molecule has 1 saturated heterocycles. The average molecular weight is 401 g/mol. The van der Waals surface area contributed by atoms with E-state index >= 15 is 0 Å². The van der Waals surface area contributed by atoms with Crippen molar-refractivity contribution in [3.63, 3.8) is 0 Å². The number of carbonyl (C=O) groups is 1. The molecule has 0 spiro atoms. The predicted molar refractivity (Wildman–Crippen MR) is 115 cm³/mol. The Morgan fingerprint density at radius 2 is 1.90 bits per heavy atom. The fraction of sp³-hybridized carbons (Fsp3) is 0.348. The first-order chi connectivity index (χ1) is 14.8. The van der Waals surface area contributed by atoms with E-state index < -0.39 is 0 Å². The van der Waals surface area contributed by atoms with Crippen molar-refractivity contribution in [2.75, 3.05) is 49.6 Å². The SMILES string of the molecule is O=C(c1ccc2nc3c(nc2c1)N1CCc2ccccc2C1CN3)N1CCOCC1. The number of hydrogen-bond acceptors (Lipinski definition) is 6. The topological polar surface area (TPSA) is 70.6 Å². The maximum Gasteiger partial charge on any atom is 0.254 e. The van der Waals surface area contributed by atoms with Crippen molar-refractivity contribution in [1.82, 2.24) is 14.9 Å². The molecule has 152 valence electrons. The molecule has 0 aliphatic carbocycles. The third kappa shape index (κ3) is 2.81. The summed E-state index contributed by atoms with van der Waals surface area (Å²) in [5, 5.41) is 3.48. The van der Waals surface area contributed by atoms with Gasteiger partial charge in [0.1, 0.15) is 0 Å². The van der Waals surface area contributed by atoms with E-state index in [1.54, 1.807) is 0 Å². The number of amides is 1. The highest BCUT2D eigenvalue weighted by Gasteiger charge is 2.33. The maximum atomic E-state index is 12.9. The van der Waals surface area contributed by atoms with Crippen LogP contribution in [0.3, 0.4) is 0 Å². The molecular formula is C23H23N5O2. The van der Waals surface area contributed by atoms with E-state index in [0.29, 0.717) is 31.9 Å². The Balaban J connectivity index is 1.38. The largest absolute Gasteiger partial charge is 0.378 e. The zero-order chi connectivity index (χ0) is 20.1. The van der Waals surface area contributed by atoms with Gasteiger partial charge in [0.2, 0.25) is 0 Å². The van der Waals surface area contributed by atoms with Gasteiger partial charge in [0.05, 0.1) is 30.3 Å². The molecule has 2 aromatic carbocycles. The molecule has 7 nitrogen and oxygen atoms in total. The quantitative estimate of drug-likeness (QED) is 0.676. The van der Waals surface area contributed by atoms with Crippen molar-refractivity contribution in [2.24, 2.45) is 0 Å². The lowest BCUT2D eigenvalue weighted by molar-refractivity contribution is 0.0303. The number of morpholine rings is 1. The molecule has 1 N–H and O–H groups in total. The number of anilines is 2. The van der Waals surface area contributed by atoms with Gasteiger partial charge in [-0.1, -0.05) is 24.3 Å². The van der Waals surface area contributed by atoms with E-state index in [1.807, 2.05) is 23.1 Å². The van der Waals surface area contributed by atoms with Crippen LogP contribution in [0.5, 0.6) is 0 Å². The lowest BCUT2D eigenvalue weighted by Gasteiger charge is -2.42. The highest BCUT2D eigenvalue weighted by molar-refractivity contribution is 5.98. The molecule has 3 aliphatic rings. The number of nitrogens with zero attached hydrogens (tertiary/aromatic N) is 4. The van der Waals surface area contributed by atoms with Gasteiger partial charge in [0, 0.05) is 31.7 Å². The molecule has 0 radical (unpaired) electrons. The molecule has 7 heteroatoms. The van der Waals surface area contributed by atoms with Gasteiger partial charge >= 0.3 is 0 Å². The molecule has 0 bridgehead atoms. The van der Waals surface area contributed by atoms with E-state index in [4.69, 9.17) is 14.7 Å². The van der Waals surface area contributed by atoms with E-state index in [9.17, 15) is 4.79 Å². The molecule has 30 heavy (non-hydrogen) atoms. The van der Waals surface area contributed by atoms with Crippen molar-refractivity contribution in [1.29, 1.82) is 0 Å². The maximum absolute atomic E-state index is 12.9. The number of aromatic nitrogens is 2. The van der Waals surface area contributed by atoms with E-state index in [2.05, 4.69) is 34.5 Å². The minimum absolute atomic E-state index is 0.0302. The Labute approximate surface area is 174 Å². The summed E-state index contributed by atoms with van der Waals surface area (Å²) in [6.07, 6.45) is 1.00. The predicted octanol–water partition coefficient (Wildman–Crippen LogP) is 2.63. The fourth-order valence-electron chi connectivity index (χ4n) is 4.76. The molecule has 1 unspecified atom stereocenters. The van der Waals surface area contributed by atoms with Crippen LogP contribution >= 0.6 is 0 Å². The summed E-state index contributed by atoms with van der Waals surface area (Å²) in [6, 6.07) is 14.5. The molecule has 1 amide bonds. The first-order valence-electron chi connectivity index (χ1n) is 10.5. The van der Waals surface area contributed by atoms with Gasteiger partial charge in [-0.2, -0.15) is 0 Å². The third-order valence-electron chi connectivity index (χ3n) is 6.34. The molecular weight excluding hydrogens is 378 g/mol. The van der Waals surface area contributed by atoms with Crippen molar-refractivity contribution in [3.8, 4) is 0 Å². The smallest absolute Gasteiger partial charge is 0.254 e. The van der Waals surface area contributed by atoms with Crippen LogP contribution in [0.1, 0.15) is 27.5 Å². The number of benzene rings is 2. The second-order valence-corrected chi connectivity index (χ2v) is 8.04.